The molecule has 1 aliphatic carbocycles. The molecule has 0 radical (unpaired) electrons. The Balaban J connectivity index is 1.70. The third-order valence-corrected chi connectivity index (χ3v) is 4.96. The SMILES string of the molecule is CN1CCC2(CC1)CNCC1CCCC1N2. The minimum atomic E-state index is 0.413. The Morgan fingerprint density at radius 2 is 2.00 bits per heavy atom. The van der Waals surface area contributed by atoms with E-state index < -0.39 is 0 Å². The van der Waals surface area contributed by atoms with Crippen LogP contribution in [0.5, 0.6) is 0 Å². The van der Waals surface area contributed by atoms with Crippen LogP contribution in [0.25, 0.3) is 0 Å². The summed E-state index contributed by atoms with van der Waals surface area (Å²) in [5.74, 6) is 0.902. The molecule has 2 N–H and O–H groups in total. The van der Waals surface area contributed by atoms with Gasteiger partial charge >= 0.3 is 0 Å². The van der Waals surface area contributed by atoms with Crippen LogP contribution < -0.4 is 10.6 Å². The minimum Gasteiger partial charge on any atom is -0.315 e. The Morgan fingerprint density at radius 3 is 2.81 bits per heavy atom. The van der Waals surface area contributed by atoms with E-state index >= 15 is 0 Å². The van der Waals surface area contributed by atoms with Gasteiger partial charge in [0.2, 0.25) is 0 Å². The maximum atomic E-state index is 4.02. The molecule has 16 heavy (non-hydrogen) atoms. The lowest BCUT2D eigenvalue weighted by molar-refractivity contribution is 0.147. The van der Waals surface area contributed by atoms with E-state index in [9.17, 15) is 0 Å². The highest BCUT2D eigenvalue weighted by atomic mass is 15.2. The molecule has 0 bridgehead atoms. The summed E-state index contributed by atoms with van der Waals surface area (Å²) in [5, 5.41) is 7.74. The van der Waals surface area contributed by atoms with Crippen molar-refractivity contribution >= 4 is 0 Å². The molecular formula is C13H25N3. The first-order valence-corrected chi connectivity index (χ1v) is 6.94. The van der Waals surface area contributed by atoms with Crippen molar-refractivity contribution in [1.82, 2.24) is 15.5 Å². The summed E-state index contributed by atoms with van der Waals surface area (Å²) in [6.45, 7) is 4.95. The summed E-state index contributed by atoms with van der Waals surface area (Å²) in [4.78, 5) is 2.46. The Labute approximate surface area is 99.0 Å². The fourth-order valence-corrected chi connectivity index (χ4v) is 3.78. The quantitative estimate of drug-likeness (QED) is 0.636. The van der Waals surface area contributed by atoms with Crippen molar-refractivity contribution in [3.63, 3.8) is 0 Å². The maximum Gasteiger partial charge on any atom is 0.0333 e. The van der Waals surface area contributed by atoms with Crippen molar-refractivity contribution in [3.8, 4) is 0 Å². The van der Waals surface area contributed by atoms with Gasteiger partial charge in [-0.05, 0) is 58.3 Å². The Hall–Kier alpha value is -0.120. The van der Waals surface area contributed by atoms with Crippen LogP contribution in [0.15, 0.2) is 0 Å². The molecule has 1 saturated carbocycles. The predicted octanol–water partition coefficient (Wildman–Crippen LogP) is 0.812. The first-order chi connectivity index (χ1) is 7.77. The van der Waals surface area contributed by atoms with Crippen LogP contribution in [0.1, 0.15) is 32.1 Å². The maximum absolute atomic E-state index is 4.02. The molecule has 2 atom stereocenters. The first kappa shape index (κ1) is 11.0. The zero-order chi connectivity index (χ0) is 11.0. The van der Waals surface area contributed by atoms with E-state index in [2.05, 4.69) is 22.6 Å². The summed E-state index contributed by atoms with van der Waals surface area (Å²) >= 11 is 0. The van der Waals surface area contributed by atoms with Crippen molar-refractivity contribution in [3.05, 3.63) is 0 Å². The smallest absolute Gasteiger partial charge is 0.0333 e. The monoisotopic (exact) mass is 223 g/mol. The molecule has 3 fully saturated rings. The second-order valence-electron chi connectivity index (χ2n) is 6.16. The van der Waals surface area contributed by atoms with Crippen molar-refractivity contribution in [1.29, 1.82) is 0 Å². The van der Waals surface area contributed by atoms with Crippen LogP contribution in [0.2, 0.25) is 0 Å². The number of likely N-dealkylation sites (tertiary alicyclic amines) is 1. The van der Waals surface area contributed by atoms with Gasteiger partial charge in [-0.2, -0.15) is 0 Å². The zero-order valence-electron chi connectivity index (χ0n) is 10.5. The topological polar surface area (TPSA) is 27.3 Å². The lowest BCUT2D eigenvalue weighted by Gasteiger charge is -2.42. The molecule has 2 unspecified atom stereocenters. The zero-order valence-corrected chi connectivity index (χ0v) is 10.5. The van der Waals surface area contributed by atoms with Crippen LogP contribution in [-0.4, -0.2) is 49.7 Å². The largest absolute Gasteiger partial charge is 0.315 e. The molecule has 2 heterocycles. The summed E-state index contributed by atoms with van der Waals surface area (Å²) < 4.78 is 0. The Bertz CT molecular complexity index is 240. The van der Waals surface area contributed by atoms with Crippen LogP contribution >= 0.6 is 0 Å². The van der Waals surface area contributed by atoms with E-state index in [1.54, 1.807) is 0 Å². The third kappa shape index (κ3) is 2.01. The van der Waals surface area contributed by atoms with Crippen LogP contribution in [-0.2, 0) is 0 Å². The minimum absolute atomic E-state index is 0.413. The Kier molecular flexibility index (Phi) is 2.94. The highest BCUT2D eigenvalue weighted by molar-refractivity contribution is 5.01. The number of hydrogen-bond acceptors (Lipinski definition) is 3. The summed E-state index contributed by atoms with van der Waals surface area (Å²) in [7, 11) is 2.25. The average molecular weight is 223 g/mol. The van der Waals surface area contributed by atoms with Gasteiger partial charge in [-0.15, -0.1) is 0 Å². The molecular weight excluding hydrogens is 198 g/mol. The normalized spacial score (nSPS) is 39.6. The molecule has 3 rings (SSSR count). The average Bonchev–Trinajstić information content (AvgIpc) is 2.64. The highest BCUT2D eigenvalue weighted by Crippen LogP contribution is 2.32. The fourth-order valence-electron chi connectivity index (χ4n) is 3.78. The summed E-state index contributed by atoms with van der Waals surface area (Å²) in [6.07, 6.45) is 6.91. The number of hydrogen-bond donors (Lipinski definition) is 2. The molecule has 0 aromatic rings. The summed E-state index contributed by atoms with van der Waals surface area (Å²) in [6, 6.07) is 0.804. The van der Waals surface area contributed by atoms with E-state index in [-0.39, 0.29) is 0 Å². The van der Waals surface area contributed by atoms with E-state index in [0.29, 0.717) is 5.54 Å². The van der Waals surface area contributed by atoms with E-state index in [0.717, 1.165) is 12.0 Å². The molecule has 0 aromatic heterocycles. The van der Waals surface area contributed by atoms with Crippen LogP contribution in [0.3, 0.4) is 0 Å². The number of piperidine rings is 1. The molecule has 2 aliphatic heterocycles. The van der Waals surface area contributed by atoms with E-state index in [4.69, 9.17) is 0 Å². The molecule has 0 aromatic carbocycles. The predicted molar refractivity (Wildman–Crippen MR) is 66.6 cm³/mol. The van der Waals surface area contributed by atoms with Gasteiger partial charge in [0.15, 0.2) is 0 Å². The van der Waals surface area contributed by atoms with Crippen LogP contribution in [0, 0.1) is 5.92 Å². The van der Waals surface area contributed by atoms with Crippen molar-refractivity contribution in [2.75, 3.05) is 33.2 Å². The lowest BCUT2D eigenvalue weighted by atomic mass is 9.86. The molecule has 3 aliphatic rings. The number of rotatable bonds is 0. The van der Waals surface area contributed by atoms with Gasteiger partial charge < -0.3 is 15.5 Å². The van der Waals surface area contributed by atoms with Crippen molar-refractivity contribution in [2.24, 2.45) is 5.92 Å². The molecule has 3 heteroatoms. The standard InChI is InChI=1S/C13H25N3/c1-16-7-5-13(6-8-16)10-14-9-11-3-2-4-12(11)15-13/h11-12,14-15H,2-10H2,1H3. The first-order valence-electron chi connectivity index (χ1n) is 6.94. The van der Waals surface area contributed by atoms with Gasteiger partial charge in [-0.3, -0.25) is 0 Å². The van der Waals surface area contributed by atoms with Crippen molar-refractivity contribution in [2.45, 2.75) is 43.7 Å². The van der Waals surface area contributed by atoms with E-state index in [1.807, 2.05) is 0 Å². The fraction of sp³-hybridized carbons (Fsp3) is 1.00. The number of nitrogens with one attached hydrogen (secondary N) is 2. The Morgan fingerprint density at radius 1 is 1.19 bits per heavy atom. The molecule has 3 nitrogen and oxygen atoms in total. The lowest BCUT2D eigenvalue weighted by Crippen LogP contribution is -2.58. The number of fused-ring (bicyclic) bond motifs is 1. The van der Waals surface area contributed by atoms with Gasteiger partial charge in [0, 0.05) is 18.1 Å². The van der Waals surface area contributed by atoms with Gasteiger partial charge in [0.25, 0.3) is 0 Å². The third-order valence-electron chi connectivity index (χ3n) is 4.96. The van der Waals surface area contributed by atoms with Crippen molar-refractivity contribution < 1.29 is 0 Å². The molecule has 92 valence electrons. The highest BCUT2D eigenvalue weighted by Gasteiger charge is 2.40. The molecule has 1 spiro atoms. The van der Waals surface area contributed by atoms with E-state index in [1.165, 1.54) is 58.3 Å². The van der Waals surface area contributed by atoms with Gasteiger partial charge in [-0.25, -0.2) is 0 Å². The molecule has 0 amide bonds. The second kappa shape index (κ2) is 4.28. The van der Waals surface area contributed by atoms with Gasteiger partial charge in [0.1, 0.15) is 0 Å². The molecule has 2 saturated heterocycles. The number of nitrogens with zero attached hydrogens (tertiary/aromatic N) is 1. The van der Waals surface area contributed by atoms with Crippen LogP contribution in [0.4, 0.5) is 0 Å². The van der Waals surface area contributed by atoms with Gasteiger partial charge in [-0.1, -0.05) is 6.42 Å². The van der Waals surface area contributed by atoms with Gasteiger partial charge in [0.05, 0.1) is 0 Å². The summed E-state index contributed by atoms with van der Waals surface area (Å²) in [5.41, 5.74) is 0.413. The second-order valence-corrected chi connectivity index (χ2v) is 6.16.